The molecule has 3 heterocycles. The molecule has 36 heavy (non-hydrogen) atoms. The van der Waals surface area contributed by atoms with Gasteiger partial charge >= 0.3 is 0 Å². The van der Waals surface area contributed by atoms with E-state index in [4.69, 9.17) is 4.74 Å². The molecule has 2 aromatic rings. The van der Waals surface area contributed by atoms with E-state index >= 15 is 0 Å². The summed E-state index contributed by atoms with van der Waals surface area (Å²) in [5.74, 6) is -0.307. The van der Waals surface area contributed by atoms with Crippen molar-refractivity contribution in [1.82, 2.24) is 20.5 Å². The van der Waals surface area contributed by atoms with Gasteiger partial charge in [0.1, 0.15) is 23.5 Å². The molecule has 5 rings (SSSR count). The van der Waals surface area contributed by atoms with Crippen molar-refractivity contribution in [3.8, 4) is 11.8 Å². The summed E-state index contributed by atoms with van der Waals surface area (Å²) in [4.78, 5) is 44.3. The van der Waals surface area contributed by atoms with Crippen molar-refractivity contribution in [3.63, 3.8) is 0 Å². The van der Waals surface area contributed by atoms with Gasteiger partial charge in [-0.1, -0.05) is 12.5 Å². The molecule has 2 unspecified atom stereocenters. The second-order valence-electron chi connectivity index (χ2n) is 11.3. The molecule has 1 aliphatic carbocycles. The number of hydrogen-bond acceptors (Lipinski definition) is 5. The number of aromatic amines is 1. The standard InChI is InChI=1S/C27H33N5O4/c1-26(2)12-16(23(33)31-26)10-17(14-28)29-24(34)21-13-27(8-5-9-27)15-32(21)25(35)20-11-18-19(30-20)6-4-7-22(18)36-3/h4,6-7,11,16-17,21,30H,5,8-10,12-13,15H2,1-3H3,(H,29,34)(H,31,33)/t16-,17?,21?/m1/s1. The monoisotopic (exact) mass is 491 g/mol. The predicted molar refractivity (Wildman–Crippen MR) is 133 cm³/mol. The molecule has 1 saturated carbocycles. The fraction of sp³-hybridized carbons (Fsp3) is 0.556. The molecule has 1 aromatic carbocycles. The zero-order valence-corrected chi connectivity index (χ0v) is 21.0. The third-order valence-corrected chi connectivity index (χ3v) is 8.14. The number of amides is 3. The number of methoxy groups -OCH3 is 1. The Kier molecular flexibility index (Phi) is 5.93. The van der Waals surface area contributed by atoms with Crippen molar-refractivity contribution in [2.24, 2.45) is 11.3 Å². The number of carbonyl (C=O) groups is 3. The number of benzene rings is 1. The summed E-state index contributed by atoms with van der Waals surface area (Å²) in [6.45, 7) is 4.42. The lowest BCUT2D eigenvalue weighted by atomic mass is 9.67. The Morgan fingerprint density at radius 1 is 1.31 bits per heavy atom. The highest BCUT2D eigenvalue weighted by atomic mass is 16.5. The van der Waals surface area contributed by atoms with Crippen molar-refractivity contribution < 1.29 is 19.1 Å². The Morgan fingerprint density at radius 3 is 2.69 bits per heavy atom. The van der Waals surface area contributed by atoms with E-state index in [0.717, 1.165) is 30.2 Å². The van der Waals surface area contributed by atoms with Crippen LogP contribution in [0, 0.1) is 22.7 Å². The van der Waals surface area contributed by atoms with E-state index in [1.807, 2.05) is 32.0 Å². The number of nitrogens with zero attached hydrogens (tertiary/aromatic N) is 2. The maximum atomic E-state index is 13.7. The Morgan fingerprint density at radius 2 is 2.08 bits per heavy atom. The van der Waals surface area contributed by atoms with Crippen molar-refractivity contribution in [2.45, 2.75) is 70.0 Å². The number of fused-ring (bicyclic) bond motifs is 1. The minimum atomic E-state index is -0.797. The molecular formula is C27H33N5O4. The van der Waals surface area contributed by atoms with Gasteiger partial charge in [-0.15, -0.1) is 0 Å². The summed E-state index contributed by atoms with van der Waals surface area (Å²) in [6, 6.07) is 8.05. The van der Waals surface area contributed by atoms with Gasteiger partial charge < -0.3 is 25.3 Å². The molecule has 3 atom stereocenters. The van der Waals surface area contributed by atoms with Crippen molar-refractivity contribution >= 4 is 28.6 Å². The van der Waals surface area contributed by atoms with E-state index in [-0.39, 0.29) is 41.0 Å². The molecule has 3 amide bonds. The van der Waals surface area contributed by atoms with Gasteiger partial charge in [0, 0.05) is 28.9 Å². The SMILES string of the molecule is COc1cccc2[nH]c(C(=O)N3CC4(CCC4)CC3C(=O)NC(C#N)C[C@@H]3CC(C)(C)NC3=O)cc12. The zero-order valence-electron chi connectivity index (χ0n) is 21.0. The molecule has 1 spiro atoms. The van der Waals surface area contributed by atoms with Crippen LogP contribution in [0.3, 0.4) is 0 Å². The summed E-state index contributed by atoms with van der Waals surface area (Å²) >= 11 is 0. The molecule has 0 bridgehead atoms. The Balaban J connectivity index is 1.34. The number of H-pyrrole nitrogens is 1. The van der Waals surface area contributed by atoms with Crippen LogP contribution in [0.1, 0.15) is 62.9 Å². The molecule has 3 aliphatic rings. The molecular weight excluding hydrogens is 458 g/mol. The topological polar surface area (TPSA) is 127 Å². The highest BCUT2D eigenvalue weighted by molar-refractivity contribution is 6.02. The number of hydrogen-bond donors (Lipinski definition) is 3. The van der Waals surface area contributed by atoms with Crippen molar-refractivity contribution in [2.75, 3.05) is 13.7 Å². The fourth-order valence-corrected chi connectivity index (χ4v) is 6.20. The van der Waals surface area contributed by atoms with Crippen LogP contribution < -0.4 is 15.4 Å². The van der Waals surface area contributed by atoms with Gasteiger partial charge in [0.15, 0.2) is 0 Å². The van der Waals surface area contributed by atoms with Crippen LogP contribution in [0.4, 0.5) is 0 Å². The number of likely N-dealkylation sites (tertiary alicyclic amines) is 1. The van der Waals surface area contributed by atoms with Gasteiger partial charge in [-0.25, -0.2) is 0 Å². The molecule has 2 saturated heterocycles. The number of nitriles is 1. The Labute approximate surface area is 210 Å². The second-order valence-corrected chi connectivity index (χ2v) is 11.3. The second kappa shape index (κ2) is 8.84. The van der Waals surface area contributed by atoms with Crippen LogP contribution in [0.5, 0.6) is 5.75 Å². The van der Waals surface area contributed by atoms with Crippen LogP contribution in [0.2, 0.25) is 0 Å². The van der Waals surface area contributed by atoms with E-state index in [9.17, 15) is 19.6 Å². The normalized spacial score (nSPS) is 24.7. The van der Waals surface area contributed by atoms with E-state index in [0.29, 0.717) is 30.8 Å². The van der Waals surface area contributed by atoms with E-state index in [1.165, 1.54) is 0 Å². The number of carbonyl (C=O) groups excluding carboxylic acids is 3. The van der Waals surface area contributed by atoms with E-state index < -0.39 is 12.1 Å². The molecule has 1 aromatic heterocycles. The third kappa shape index (κ3) is 4.29. The smallest absolute Gasteiger partial charge is 0.271 e. The number of rotatable bonds is 6. The quantitative estimate of drug-likeness (QED) is 0.573. The minimum absolute atomic E-state index is 0.0428. The van der Waals surface area contributed by atoms with Crippen LogP contribution in [0.15, 0.2) is 24.3 Å². The lowest BCUT2D eigenvalue weighted by Gasteiger charge is -2.37. The first-order valence-corrected chi connectivity index (χ1v) is 12.6. The average Bonchev–Trinajstić information content (AvgIpc) is 3.50. The van der Waals surface area contributed by atoms with Crippen LogP contribution in [0.25, 0.3) is 10.9 Å². The van der Waals surface area contributed by atoms with Crippen LogP contribution in [-0.4, -0.2) is 58.9 Å². The maximum absolute atomic E-state index is 13.7. The molecule has 190 valence electrons. The predicted octanol–water partition coefficient (Wildman–Crippen LogP) is 2.87. The van der Waals surface area contributed by atoms with Crippen molar-refractivity contribution in [1.29, 1.82) is 5.26 Å². The third-order valence-electron chi connectivity index (χ3n) is 8.14. The summed E-state index contributed by atoms with van der Waals surface area (Å²) in [7, 11) is 1.59. The maximum Gasteiger partial charge on any atom is 0.271 e. The number of aromatic nitrogens is 1. The molecule has 9 nitrogen and oxygen atoms in total. The molecule has 2 aliphatic heterocycles. The Bertz CT molecular complexity index is 1250. The van der Waals surface area contributed by atoms with E-state index in [1.54, 1.807) is 18.1 Å². The van der Waals surface area contributed by atoms with Gasteiger partial charge in [-0.05, 0) is 69.6 Å². The largest absolute Gasteiger partial charge is 0.496 e. The van der Waals surface area contributed by atoms with E-state index in [2.05, 4.69) is 21.7 Å². The van der Waals surface area contributed by atoms with Crippen molar-refractivity contribution in [3.05, 3.63) is 30.0 Å². The summed E-state index contributed by atoms with van der Waals surface area (Å²) in [6.07, 6.45) is 4.52. The zero-order chi connectivity index (χ0) is 25.7. The minimum Gasteiger partial charge on any atom is -0.496 e. The van der Waals surface area contributed by atoms with Gasteiger partial charge in [0.25, 0.3) is 5.91 Å². The number of nitrogens with one attached hydrogen (secondary N) is 3. The fourth-order valence-electron chi connectivity index (χ4n) is 6.20. The first-order valence-electron chi connectivity index (χ1n) is 12.6. The highest BCUT2D eigenvalue weighted by Crippen LogP contribution is 2.50. The van der Waals surface area contributed by atoms with Crippen LogP contribution in [-0.2, 0) is 9.59 Å². The summed E-state index contributed by atoms with van der Waals surface area (Å²) in [5, 5.41) is 16.3. The first-order chi connectivity index (χ1) is 17.1. The summed E-state index contributed by atoms with van der Waals surface area (Å²) < 4.78 is 5.43. The van der Waals surface area contributed by atoms with Gasteiger partial charge in [-0.2, -0.15) is 5.26 Å². The Hall–Kier alpha value is -3.54. The summed E-state index contributed by atoms with van der Waals surface area (Å²) in [5.41, 5.74) is 0.835. The van der Waals surface area contributed by atoms with Gasteiger partial charge in [0.2, 0.25) is 11.8 Å². The molecule has 9 heteroatoms. The lowest BCUT2D eigenvalue weighted by molar-refractivity contribution is -0.126. The number of ether oxygens (including phenoxy) is 1. The highest BCUT2D eigenvalue weighted by Gasteiger charge is 2.52. The lowest BCUT2D eigenvalue weighted by Crippen LogP contribution is -2.49. The molecule has 0 radical (unpaired) electrons. The van der Waals surface area contributed by atoms with Crippen LogP contribution >= 0.6 is 0 Å². The first kappa shape index (κ1) is 24.2. The van der Waals surface area contributed by atoms with Gasteiger partial charge in [-0.3, -0.25) is 14.4 Å². The average molecular weight is 492 g/mol. The molecule has 3 fully saturated rings. The molecule has 3 N–H and O–H groups in total. The van der Waals surface area contributed by atoms with Gasteiger partial charge in [0.05, 0.1) is 13.2 Å².